The van der Waals surface area contributed by atoms with Crippen LogP contribution in [-0.4, -0.2) is 40.9 Å². The number of benzene rings is 1. The summed E-state index contributed by atoms with van der Waals surface area (Å²) in [5.41, 5.74) is 5.77. The highest BCUT2D eigenvalue weighted by molar-refractivity contribution is 5.98. The maximum absolute atomic E-state index is 13.2. The summed E-state index contributed by atoms with van der Waals surface area (Å²) in [7, 11) is 1.49. The molecule has 0 aliphatic rings. The summed E-state index contributed by atoms with van der Waals surface area (Å²) < 4.78 is 11.6. The number of methoxy groups -OCH3 is 1. The summed E-state index contributed by atoms with van der Waals surface area (Å²) in [6.45, 7) is 4.39. The third-order valence-corrected chi connectivity index (χ3v) is 4.62. The van der Waals surface area contributed by atoms with Crippen LogP contribution in [0.2, 0.25) is 0 Å². The second-order valence-corrected chi connectivity index (χ2v) is 7.34. The van der Waals surface area contributed by atoms with Crippen molar-refractivity contribution in [3.8, 4) is 0 Å². The number of hydrogen-bond donors (Lipinski definition) is 2. The molecule has 160 valence electrons. The normalized spacial score (nSPS) is 11.3. The minimum atomic E-state index is -0.730. The first kappa shape index (κ1) is 21.3. The van der Waals surface area contributed by atoms with E-state index in [0.717, 1.165) is 0 Å². The van der Waals surface area contributed by atoms with Gasteiger partial charge in [-0.05, 0) is 18.1 Å². The molecular formula is C20H25N5O5. The van der Waals surface area contributed by atoms with Crippen LogP contribution in [0.3, 0.4) is 0 Å². The lowest BCUT2D eigenvalue weighted by atomic mass is 10.1. The van der Waals surface area contributed by atoms with Gasteiger partial charge in [0.15, 0.2) is 11.3 Å². The average molecular weight is 415 g/mol. The molecule has 3 rings (SSSR count). The minimum Gasteiger partial charge on any atom is -0.383 e. The quantitative estimate of drug-likeness (QED) is 0.563. The van der Waals surface area contributed by atoms with Crippen LogP contribution in [0, 0.1) is 5.92 Å². The summed E-state index contributed by atoms with van der Waals surface area (Å²) in [4.78, 5) is 41.5. The zero-order chi connectivity index (χ0) is 21.8. The SMILES string of the molecule is COCCN(C(=O)Cc1noc2ccccc12)c1c(N)n(CC(C)C)c(=O)[nH]c1=O. The van der Waals surface area contributed by atoms with E-state index in [-0.39, 0.29) is 37.0 Å². The van der Waals surface area contributed by atoms with Gasteiger partial charge in [-0.15, -0.1) is 0 Å². The zero-order valence-electron chi connectivity index (χ0n) is 17.2. The number of aromatic nitrogens is 3. The number of rotatable bonds is 8. The highest BCUT2D eigenvalue weighted by Gasteiger charge is 2.26. The van der Waals surface area contributed by atoms with Crippen molar-refractivity contribution in [1.82, 2.24) is 14.7 Å². The topological polar surface area (TPSA) is 136 Å². The van der Waals surface area contributed by atoms with Gasteiger partial charge in [0.1, 0.15) is 11.5 Å². The Balaban J connectivity index is 2.03. The molecule has 0 saturated heterocycles. The molecule has 10 heteroatoms. The molecule has 0 saturated carbocycles. The number of nitrogens with two attached hydrogens (primary N) is 1. The Hall–Kier alpha value is -3.40. The fourth-order valence-corrected chi connectivity index (χ4v) is 3.23. The van der Waals surface area contributed by atoms with Crippen molar-refractivity contribution < 1.29 is 14.1 Å². The Morgan fingerprint density at radius 2 is 2.07 bits per heavy atom. The van der Waals surface area contributed by atoms with Gasteiger partial charge < -0.3 is 19.9 Å². The van der Waals surface area contributed by atoms with Crippen molar-refractivity contribution in [2.24, 2.45) is 5.92 Å². The van der Waals surface area contributed by atoms with Crippen LogP contribution in [0.1, 0.15) is 19.5 Å². The first-order chi connectivity index (χ1) is 14.3. The minimum absolute atomic E-state index is 0.0630. The number of anilines is 2. The van der Waals surface area contributed by atoms with Crippen molar-refractivity contribution in [2.75, 3.05) is 30.9 Å². The molecule has 30 heavy (non-hydrogen) atoms. The van der Waals surface area contributed by atoms with E-state index in [1.54, 1.807) is 12.1 Å². The van der Waals surface area contributed by atoms with Gasteiger partial charge in [-0.1, -0.05) is 31.1 Å². The second-order valence-electron chi connectivity index (χ2n) is 7.34. The molecule has 0 bridgehead atoms. The van der Waals surface area contributed by atoms with Gasteiger partial charge in [-0.25, -0.2) is 4.79 Å². The number of fused-ring (bicyclic) bond motifs is 1. The van der Waals surface area contributed by atoms with E-state index in [1.165, 1.54) is 16.6 Å². The summed E-state index contributed by atoms with van der Waals surface area (Å²) in [5, 5.41) is 4.69. The standard InChI is InChI=1S/C20H25N5O5/c1-12(2)11-25-18(21)17(19(27)22-20(25)28)24(8-9-29-3)16(26)10-14-13-6-4-5-7-15(13)30-23-14/h4-7,12H,8-11,21H2,1-3H3,(H,22,27,28). The number of nitrogens with zero attached hydrogens (tertiary/aromatic N) is 3. The number of nitrogens with one attached hydrogen (secondary N) is 1. The lowest BCUT2D eigenvalue weighted by Crippen LogP contribution is -2.43. The lowest BCUT2D eigenvalue weighted by Gasteiger charge is -2.24. The highest BCUT2D eigenvalue weighted by Crippen LogP contribution is 2.22. The van der Waals surface area contributed by atoms with Crippen LogP contribution >= 0.6 is 0 Å². The van der Waals surface area contributed by atoms with Crippen molar-refractivity contribution in [2.45, 2.75) is 26.8 Å². The number of carbonyl (C=O) groups excluding carboxylic acids is 1. The summed E-state index contributed by atoms with van der Waals surface area (Å²) >= 11 is 0. The predicted molar refractivity (Wildman–Crippen MR) is 113 cm³/mol. The van der Waals surface area contributed by atoms with Gasteiger partial charge in [0.25, 0.3) is 5.56 Å². The maximum atomic E-state index is 13.2. The van der Waals surface area contributed by atoms with Crippen molar-refractivity contribution >= 4 is 28.4 Å². The smallest absolute Gasteiger partial charge is 0.330 e. The Kier molecular flexibility index (Phi) is 6.36. The second kappa shape index (κ2) is 8.95. The van der Waals surface area contributed by atoms with Gasteiger partial charge in [0.05, 0.1) is 13.0 Å². The molecule has 2 heterocycles. The van der Waals surface area contributed by atoms with E-state index in [0.29, 0.717) is 23.2 Å². The molecule has 3 aromatic rings. The summed E-state index contributed by atoms with van der Waals surface area (Å²) in [5.74, 6) is -0.377. The van der Waals surface area contributed by atoms with Gasteiger partial charge in [-0.2, -0.15) is 0 Å². The molecule has 0 radical (unpaired) electrons. The average Bonchev–Trinajstić information content (AvgIpc) is 3.10. The molecule has 0 atom stereocenters. The van der Waals surface area contributed by atoms with Gasteiger partial charge in [-0.3, -0.25) is 19.1 Å². The van der Waals surface area contributed by atoms with Crippen LogP contribution < -0.4 is 21.9 Å². The first-order valence-corrected chi connectivity index (χ1v) is 9.58. The largest absolute Gasteiger partial charge is 0.383 e. The third-order valence-electron chi connectivity index (χ3n) is 4.62. The van der Waals surface area contributed by atoms with Gasteiger partial charge in [0, 0.05) is 25.6 Å². The van der Waals surface area contributed by atoms with E-state index < -0.39 is 17.2 Å². The van der Waals surface area contributed by atoms with Crippen LogP contribution in [0.4, 0.5) is 11.5 Å². The molecule has 1 aromatic carbocycles. The Bertz CT molecular complexity index is 1160. The fraction of sp³-hybridized carbons (Fsp3) is 0.400. The van der Waals surface area contributed by atoms with E-state index in [1.807, 2.05) is 26.0 Å². The Labute approximate surface area is 172 Å². The molecule has 0 spiro atoms. The number of nitrogen functional groups attached to an aromatic ring is 1. The first-order valence-electron chi connectivity index (χ1n) is 9.58. The van der Waals surface area contributed by atoms with E-state index in [4.69, 9.17) is 15.0 Å². The molecule has 0 unspecified atom stereocenters. The van der Waals surface area contributed by atoms with Gasteiger partial charge in [0.2, 0.25) is 5.91 Å². The monoisotopic (exact) mass is 415 g/mol. The number of ether oxygens (including phenoxy) is 1. The van der Waals surface area contributed by atoms with Crippen LogP contribution in [-0.2, 0) is 22.5 Å². The Morgan fingerprint density at radius 3 is 2.77 bits per heavy atom. The highest BCUT2D eigenvalue weighted by atomic mass is 16.5. The molecule has 3 N–H and O–H groups in total. The molecule has 0 aliphatic heterocycles. The number of aromatic amines is 1. The fourth-order valence-electron chi connectivity index (χ4n) is 3.23. The van der Waals surface area contributed by atoms with Crippen molar-refractivity contribution in [1.29, 1.82) is 0 Å². The summed E-state index contributed by atoms with van der Waals surface area (Å²) in [6, 6.07) is 7.18. The van der Waals surface area contributed by atoms with Crippen LogP contribution in [0.25, 0.3) is 11.0 Å². The summed E-state index contributed by atoms with van der Waals surface area (Å²) in [6.07, 6.45) is -0.108. The molecule has 2 aromatic heterocycles. The van der Waals surface area contributed by atoms with Crippen LogP contribution in [0.15, 0.2) is 38.4 Å². The maximum Gasteiger partial charge on any atom is 0.330 e. The van der Waals surface area contributed by atoms with Gasteiger partial charge >= 0.3 is 5.69 Å². The number of amides is 1. The molecular weight excluding hydrogens is 390 g/mol. The third kappa shape index (κ3) is 4.28. The predicted octanol–water partition coefficient (Wildman–Crippen LogP) is 1.14. The Morgan fingerprint density at radius 1 is 1.33 bits per heavy atom. The lowest BCUT2D eigenvalue weighted by molar-refractivity contribution is -0.118. The van der Waals surface area contributed by atoms with E-state index in [2.05, 4.69) is 10.1 Å². The number of hydrogen-bond acceptors (Lipinski definition) is 7. The van der Waals surface area contributed by atoms with Crippen LogP contribution in [0.5, 0.6) is 0 Å². The van der Waals surface area contributed by atoms with Crippen molar-refractivity contribution in [3.63, 3.8) is 0 Å². The van der Waals surface area contributed by atoms with E-state index >= 15 is 0 Å². The molecule has 0 fully saturated rings. The van der Waals surface area contributed by atoms with E-state index in [9.17, 15) is 14.4 Å². The number of H-pyrrole nitrogens is 1. The zero-order valence-corrected chi connectivity index (χ0v) is 17.2. The number of para-hydroxylation sites is 1. The molecule has 0 aliphatic carbocycles. The van der Waals surface area contributed by atoms with Crippen molar-refractivity contribution in [3.05, 3.63) is 50.8 Å². The number of carbonyl (C=O) groups is 1. The molecule has 1 amide bonds. The molecule has 10 nitrogen and oxygen atoms in total.